The lowest BCUT2D eigenvalue weighted by atomic mass is 10.2. The van der Waals surface area contributed by atoms with Gasteiger partial charge in [-0.15, -0.1) is 0 Å². The van der Waals surface area contributed by atoms with Crippen LogP contribution in [-0.2, 0) is 6.54 Å². The fourth-order valence-corrected chi connectivity index (χ4v) is 1.62. The number of guanidine groups is 1. The Hall–Kier alpha value is -1.55. The van der Waals surface area contributed by atoms with Gasteiger partial charge in [0.05, 0.1) is 6.54 Å². The standard InChI is InChI=1S/C15H26N4/c1-4-16-15(17-11-12-19(3)5-2)18-13-14-9-7-6-8-10-14/h6-10H,4-5,11-13H2,1-3H3,(H2,16,17,18). The molecule has 106 valence electrons. The van der Waals surface area contributed by atoms with Gasteiger partial charge in [0.2, 0.25) is 0 Å². The maximum absolute atomic E-state index is 4.58. The second-order valence-corrected chi connectivity index (χ2v) is 4.50. The molecule has 1 rings (SSSR count). The normalized spacial score (nSPS) is 11.7. The van der Waals surface area contributed by atoms with Gasteiger partial charge in [-0.2, -0.15) is 0 Å². The maximum Gasteiger partial charge on any atom is 0.191 e. The van der Waals surface area contributed by atoms with Gasteiger partial charge in [0.1, 0.15) is 0 Å². The van der Waals surface area contributed by atoms with Gasteiger partial charge >= 0.3 is 0 Å². The zero-order chi connectivity index (χ0) is 13.9. The molecule has 0 bridgehead atoms. The maximum atomic E-state index is 4.58. The van der Waals surface area contributed by atoms with E-state index in [1.54, 1.807) is 0 Å². The summed E-state index contributed by atoms with van der Waals surface area (Å²) in [4.78, 5) is 6.85. The van der Waals surface area contributed by atoms with Crippen LogP contribution in [0.1, 0.15) is 19.4 Å². The van der Waals surface area contributed by atoms with E-state index in [1.807, 2.05) is 18.2 Å². The molecule has 0 fully saturated rings. The molecule has 4 heteroatoms. The fraction of sp³-hybridized carbons (Fsp3) is 0.533. The van der Waals surface area contributed by atoms with Crippen LogP contribution in [0.5, 0.6) is 0 Å². The van der Waals surface area contributed by atoms with Crippen molar-refractivity contribution in [3.8, 4) is 0 Å². The summed E-state index contributed by atoms with van der Waals surface area (Å²) in [6, 6.07) is 10.3. The van der Waals surface area contributed by atoms with E-state index in [1.165, 1.54) is 5.56 Å². The average Bonchev–Trinajstić information content (AvgIpc) is 2.45. The van der Waals surface area contributed by atoms with Crippen molar-refractivity contribution in [3.05, 3.63) is 35.9 Å². The van der Waals surface area contributed by atoms with E-state index < -0.39 is 0 Å². The van der Waals surface area contributed by atoms with Gasteiger partial charge in [-0.25, -0.2) is 4.99 Å². The van der Waals surface area contributed by atoms with Crippen molar-refractivity contribution in [3.63, 3.8) is 0 Å². The van der Waals surface area contributed by atoms with Crippen LogP contribution in [0.25, 0.3) is 0 Å². The summed E-state index contributed by atoms with van der Waals surface area (Å²) >= 11 is 0. The third kappa shape index (κ3) is 6.82. The summed E-state index contributed by atoms with van der Waals surface area (Å²) in [6.07, 6.45) is 0. The summed E-state index contributed by atoms with van der Waals surface area (Å²) in [7, 11) is 2.12. The summed E-state index contributed by atoms with van der Waals surface area (Å²) in [5.74, 6) is 0.885. The number of benzene rings is 1. The van der Waals surface area contributed by atoms with Gasteiger partial charge in [-0.1, -0.05) is 37.3 Å². The first-order valence-corrected chi connectivity index (χ1v) is 7.01. The molecule has 1 aromatic rings. The summed E-state index contributed by atoms with van der Waals surface area (Å²) in [6.45, 7) is 8.83. The van der Waals surface area contributed by atoms with Crippen molar-refractivity contribution < 1.29 is 0 Å². The molecule has 0 saturated heterocycles. The third-order valence-corrected chi connectivity index (χ3v) is 2.93. The predicted molar refractivity (Wildman–Crippen MR) is 82.4 cm³/mol. The van der Waals surface area contributed by atoms with E-state index in [-0.39, 0.29) is 0 Å². The molecular formula is C15H26N4. The highest BCUT2D eigenvalue weighted by Crippen LogP contribution is 1.99. The van der Waals surface area contributed by atoms with Crippen molar-refractivity contribution in [1.82, 2.24) is 15.5 Å². The van der Waals surface area contributed by atoms with Crippen LogP contribution in [0.3, 0.4) is 0 Å². The highest BCUT2D eigenvalue weighted by Gasteiger charge is 1.98. The topological polar surface area (TPSA) is 39.7 Å². The molecule has 1 aromatic carbocycles. The molecule has 0 amide bonds. The summed E-state index contributed by atoms with van der Waals surface area (Å²) in [5.41, 5.74) is 1.23. The largest absolute Gasteiger partial charge is 0.357 e. The zero-order valence-electron chi connectivity index (χ0n) is 12.3. The summed E-state index contributed by atoms with van der Waals surface area (Å²) < 4.78 is 0. The van der Waals surface area contributed by atoms with Gasteiger partial charge in [0, 0.05) is 19.6 Å². The molecule has 0 saturated carbocycles. The molecule has 0 atom stereocenters. The molecule has 0 radical (unpaired) electrons. The number of hydrogen-bond donors (Lipinski definition) is 2. The van der Waals surface area contributed by atoms with Gasteiger partial charge < -0.3 is 15.5 Å². The summed E-state index contributed by atoms with van der Waals surface area (Å²) in [5, 5.41) is 6.62. The number of likely N-dealkylation sites (N-methyl/N-ethyl adjacent to an activating group) is 1. The van der Waals surface area contributed by atoms with Crippen molar-refractivity contribution in [2.45, 2.75) is 20.4 Å². The lowest BCUT2D eigenvalue weighted by Gasteiger charge is -2.16. The first kappa shape index (κ1) is 15.5. The Bertz CT molecular complexity index is 362. The Kier molecular flexibility index (Phi) is 7.66. The van der Waals surface area contributed by atoms with Crippen LogP contribution in [0.2, 0.25) is 0 Å². The molecule has 4 nitrogen and oxygen atoms in total. The molecule has 19 heavy (non-hydrogen) atoms. The minimum atomic E-state index is 0.708. The van der Waals surface area contributed by atoms with Crippen molar-refractivity contribution in [1.29, 1.82) is 0 Å². The SMILES string of the molecule is CCNC(=NCc1ccccc1)NCCN(C)CC. The van der Waals surface area contributed by atoms with Crippen LogP contribution in [0.4, 0.5) is 0 Å². The van der Waals surface area contributed by atoms with Gasteiger partial charge in [-0.05, 0) is 26.1 Å². The fourth-order valence-electron chi connectivity index (χ4n) is 1.62. The first-order valence-electron chi connectivity index (χ1n) is 7.01. The smallest absolute Gasteiger partial charge is 0.191 e. The highest BCUT2D eigenvalue weighted by molar-refractivity contribution is 5.79. The predicted octanol–water partition coefficient (Wildman–Crippen LogP) is 1.69. The van der Waals surface area contributed by atoms with E-state index in [0.717, 1.165) is 32.1 Å². The quantitative estimate of drug-likeness (QED) is 0.580. The Balaban J connectivity index is 2.42. The molecule has 2 N–H and O–H groups in total. The lowest BCUT2D eigenvalue weighted by Crippen LogP contribution is -2.40. The van der Waals surface area contributed by atoms with E-state index in [0.29, 0.717) is 6.54 Å². The molecular weight excluding hydrogens is 236 g/mol. The number of aliphatic imine (C=N–C) groups is 1. The average molecular weight is 262 g/mol. The number of rotatable bonds is 7. The zero-order valence-corrected chi connectivity index (χ0v) is 12.3. The molecule has 0 aliphatic heterocycles. The van der Waals surface area contributed by atoms with Crippen molar-refractivity contribution in [2.24, 2.45) is 4.99 Å². The number of nitrogens with zero attached hydrogens (tertiary/aromatic N) is 2. The molecule has 0 spiro atoms. The Morgan fingerprint density at radius 2 is 1.89 bits per heavy atom. The molecule has 0 aliphatic rings. The first-order chi connectivity index (χ1) is 9.26. The monoisotopic (exact) mass is 262 g/mol. The minimum absolute atomic E-state index is 0.708. The molecule has 0 aromatic heterocycles. The van der Waals surface area contributed by atoms with Gasteiger partial charge in [0.25, 0.3) is 0 Å². The van der Waals surface area contributed by atoms with Crippen molar-refractivity contribution in [2.75, 3.05) is 33.2 Å². The van der Waals surface area contributed by atoms with E-state index >= 15 is 0 Å². The van der Waals surface area contributed by atoms with Crippen LogP contribution in [-0.4, -0.2) is 44.1 Å². The minimum Gasteiger partial charge on any atom is -0.357 e. The second-order valence-electron chi connectivity index (χ2n) is 4.50. The Morgan fingerprint density at radius 3 is 2.53 bits per heavy atom. The van der Waals surface area contributed by atoms with E-state index in [4.69, 9.17) is 0 Å². The van der Waals surface area contributed by atoms with E-state index in [2.05, 4.69) is 53.6 Å². The highest BCUT2D eigenvalue weighted by atomic mass is 15.2. The third-order valence-electron chi connectivity index (χ3n) is 2.93. The molecule has 0 unspecified atom stereocenters. The Labute approximate surface area is 116 Å². The molecule has 0 aliphatic carbocycles. The van der Waals surface area contributed by atoms with Crippen molar-refractivity contribution >= 4 is 5.96 Å². The van der Waals surface area contributed by atoms with Gasteiger partial charge in [0.15, 0.2) is 5.96 Å². The van der Waals surface area contributed by atoms with Crippen LogP contribution in [0.15, 0.2) is 35.3 Å². The Morgan fingerprint density at radius 1 is 1.16 bits per heavy atom. The molecule has 0 heterocycles. The van der Waals surface area contributed by atoms with Crippen LogP contribution >= 0.6 is 0 Å². The second kappa shape index (κ2) is 9.39. The van der Waals surface area contributed by atoms with Gasteiger partial charge in [-0.3, -0.25) is 0 Å². The van der Waals surface area contributed by atoms with Crippen LogP contribution < -0.4 is 10.6 Å². The van der Waals surface area contributed by atoms with E-state index in [9.17, 15) is 0 Å². The van der Waals surface area contributed by atoms with Crippen LogP contribution in [0, 0.1) is 0 Å². The number of hydrogen-bond acceptors (Lipinski definition) is 2. The number of nitrogens with one attached hydrogen (secondary N) is 2. The lowest BCUT2D eigenvalue weighted by molar-refractivity contribution is 0.357.